The molecule has 2 N–H and O–H groups in total. The molecule has 152 valence electrons. The van der Waals surface area contributed by atoms with Crippen LogP contribution in [0.15, 0.2) is 59.6 Å². The van der Waals surface area contributed by atoms with Crippen molar-refractivity contribution in [1.29, 1.82) is 0 Å². The number of guanidine groups is 1. The zero-order valence-electron chi connectivity index (χ0n) is 17.1. The fourth-order valence-corrected chi connectivity index (χ4v) is 2.92. The number of unbranched alkanes of at least 4 members (excludes halogenated alkanes) is 1. The number of hydrogen-bond acceptors (Lipinski definition) is 3. The summed E-state index contributed by atoms with van der Waals surface area (Å²) in [5.74, 6) is 1.76. The van der Waals surface area contributed by atoms with Crippen LogP contribution in [0.1, 0.15) is 24.0 Å². The second-order valence-corrected chi connectivity index (χ2v) is 6.54. The molecule has 0 radical (unpaired) electrons. The quantitative estimate of drug-likeness (QED) is 0.335. The molecule has 0 aliphatic carbocycles. The predicted molar refractivity (Wildman–Crippen MR) is 116 cm³/mol. The maximum Gasteiger partial charge on any atom is 0.190 e. The van der Waals surface area contributed by atoms with Crippen molar-refractivity contribution in [2.75, 3.05) is 40.5 Å². The van der Waals surface area contributed by atoms with Crippen molar-refractivity contribution in [3.63, 3.8) is 0 Å². The molecule has 0 atom stereocenters. The highest BCUT2D eigenvalue weighted by molar-refractivity contribution is 5.79. The number of benzene rings is 2. The zero-order valence-corrected chi connectivity index (χ0v) is 17.1. The van der Waals surface area contributed by atoms with Gasteiger partial charge in [0.2, 0.25) is 0 Å². The largest absolute Gasteiger partial charge is 0.496 e. The summed E-state index contributed by atoms with van der Waals surface area (Å²) in [6.07, 6.45) is 3.96. The highest BCUT2D eigenvalue weighted by Crippen LogP contribution is 2.17. The van der Waals surface area contributed by atoms with Crippen LogP contribution in [-0.4, -0.2) is 46.4 Å². The lowest BCUT2D eigenvalue weighted by Gasteiger charge is -2.13. The van der Waals surface area contributed by atoms with Gasteiger partial charge in [0.25, 0.3) is 0 Å². The number of ether oxygens (including phenoxy) is 2. The third kappa shape index (κ3) is 8.44. The fourth-order valence-electron chi connectivity index (χ4n) is 2.92. The van der Waals surface area contributed by atoms with Crippen LogP contribution < -0.4 is 15.4 Å². The second kappa shape index (κ2) is 13.6. The zero-order chi connectivity index (χ0) is 19.9. The SMILES string of the molecule is CN=C(NCCCCOCCc1ccccc1)NCCc1ccccc1OC. The van der Waals surface area contributed by atoms with Gasteiger partial charge in [-0.15, -0.1) is 0 Å². The number of hydrogen-bond donors (Lipinski definition) is 2. The molecule has 0 bridgehead atoms. The number of nitrogens with one attached hydrogen (secondary N) is 2. The van der Waals surface area contributed by atoms with Gasteiger partial charge in [0, 0.05) is 26.7 Å². The molecule has 0 heterocycles. The van der Waals surface area contributed by atoms with Crippen LogP contribution in [0.3, 0.4) is 0 Å². The van der Waals surface area contributed by atoms with E-state index in [9.17, 15) is 0 Å². The fraction of sp³-hybridized carbons (Fsp3) is 0.435. The summed E-state index contributed by atoms with van der Waals surface area (Å²) in [5.41, 5.74) is 2.52. The highest BCUT2D eigenvalue weighted by Gasteiger charge is 2.02. The first-order valence-corrected chi connectivity index (χ1v) is 10.0. The molecule has 0 saturated carbocycles. The van der Waals surface area contributed by atoms with Gasteiger partial charge in [-0.3, -0.25) is 4.99 Å². The molecule has 0 amide bonds. The molecule has 0 unspecified atom stereocenters. The Morgan fingerprint density at radius 1 is 0.857 bits per heavy atom. The summed E-state index contributed by atoms with van der Waals surface area (Å²) >= 11 is 0. The molecule has 0 spiro atoms. The van der Waals surface area contributed by atoms with Crippen LogP contribution in [0.2, 0.25) is 0 Å². The van der Waals surface area contributed by atoms with Crippen molar-refractivity contribution >= 4 is 5.96 Å². The summed E-state index contributed by atoms with van der Waals surface area (Å²) in [4.78, 5) is 4.27. The molecular formula is C23H33N3O2. The molecule has 28 heavy (non-hydrogen) atoms. The Morgan fingerprint density at radius 2 is 1.61 bits per heavy atom. The van der Waals surface area contributed by atoms with Gasteiger partial charge in [-0.1, -0.05) is 48.5 Å². The summed E-state index contributed by atoms with van der Waals surface area (Å²) in [6, 6.07) is 18.6. The molecule has 2 aromatic carbocycles. The molecule has 0 aromatic heterocycles. The van der Waals surface area contributed by atoms with E-state index in [-0.39, 0.29) is 0 Å². The lowest BCUT2D eigenvalue weighted by atomic mass is 10.1. The predicted octanol–water partition coefficient (Wildman–Crippen LogP) is 3.44. The standard InChI is InChI=1S/C23H33N3O2/c1-24-23(26-17-14-21-12-6-7-13-22(21)27-2)25-16-8-9-18-28-19-15-20-10-4-3-5-11-20/h3-7,10-13H,8-9,14-19H2,1-2H3,(H2,24,25,26). The molecule has 2 rings (SSSR count). The number of nitrogens with zero attached hydrogens (tertiary/aromatic N) is 1. The minimum Gasteiger partial charge on any atom is -0.496 e. The van der Waals surface area contributed by atoms with Crippen molar-refractivity contribution in [1.82, 2.24) is 10.6 Å². The van der Waals surface area contributed by atoms with Gasteiger partial charge < -0.3 is 20.1 Å². The Morgan fingerprint density at radius 3 is 2.39 bits per heavy atom. The third-order valence-electron chi connectivity index (χ3n) is 4.49. The van der Waals surface area contributed by atoms with E-state index in [4.69, 9.17) is 9.47 Å². The number of para-hydroxylation sites is 1. The molecule has 0 aliphatic heterocycles. The summed E-state index contributed by atoms with van der Waals surface area (Å²) in [7, 11) is 3.50. The van der Waals surface area contributed by atoms with Crippen molar-refractivity contribution in [3.05, 3.63) is 65.7 Å². The Balaban J connectivity index is 1.50. The van der Waals surface area contributed by atoms with Crippen molar-refractivity contribution in [2.45, 2.75) is 25.7 Å². The maximum absolute atomic E-state index is 5.72. The molecule has 5 heteroatoms. The summed E-state index contributed by atoms with van der Waals surface area (Å²) < 4.78 is 11.1. The van der Waals surface area contributed by atoms with Crippen LogP contribution >= 0.6 is 0 Å². The topological polar surface area (TPSA) is 54.9 Å². The molecule has 0 aliphatic rings. The first-order chi connectivity index (χ1) is 13.8. The van der Waals surface area contributed by atoms with Crippen molar-refractivity contribution in [3.8, 4) is 5.75 Å². The number of methoxy groups -OCH3 is 1. The van der Waals surface area contributed by atoms with Gasteiger partial charge in [0.1, 0.15) is 5.75 Å². The molecule has 5 nitrogen and oxygen atoms in total. The molecule has 0 fully saturated rings. The van der Waals surface area contributed by atoms with Gasteiger partial charge in [-0.25, -0.2) is 0 Å². The Bertz CT molecular complexity index is 689. The number of rotatable bonds is 12. The van der Waals surface area contributed by atoms with E-state index < -0.39 is 0 Å². The van der Waals surface area contributed by atoms with E-state index in [1.807, 2.05) is 24.3 Å². The molecular weight excluding hydrogens is 350 g/mol. The lowest BCUT2D eigenvalue weighted by molar-refractivity contribution is 0.133. The van der Waals surface area contributed by atoms with Gasteiger partial charge >= 0.3 is 0 Å². The van der Waals surface area contributed by atoms with Crippen molar-refractivity contribution < 1.29 is 9.47 Å². The third-order valence-corrected chi connectivity index (χ3v) is 4.49. The van der Waals surface area contributed by atoms with E-state index in [0.717, 1.165) is 63.7 Å². The average molecular weight is 384 g/mol. The van der Waals surface area contributed by atoms with Gasteiger partial charge in [-0.05, 0) is 42.9 Å². The van der Waals surface area contributed by atoms with E-state index in [2.05, 4.69) is 46.0 Å². The van der Waals surface area contributed by atoms with Crippen LogP contribution in [-0.2, 0) is 17.6 Å². The maximum atomic E-state index is 5.72. The smallest absolute Gasteiger partial charge is 0.190 e. The second-order valence-electron chi connectivity index (χ2n) is 6.54. The van der Waals surface area contributed by atoms with Crippen LogP contribution in [0.25, 0.3) is 0 Å². The van der Waals surface area contributed by atoms with Crippen LogP contribution in [0, 0.1) is 0 Å². The summed E-state index contributed by atoms with van der Waals surface area (Å²) in [5, 5.41) is 6.70. The van der Waals surface area contributed by atoms with E-state index in [1.54, 1.807) is 14.2 Å². The lowest BCUT2D eigenvalue weighted by Crippen LogP contribution is -2.38. The Hall–Kier alpha value is -2.53. The summed E-state index contributed by atoms with van der Waals surface area (Å²) in [6.45, 7) is 3.27. The first kappa shape index (κ1) is 21.8. The van der Waals surface area contributed by atoms with E-state index in [0.29, 0.717) is 0 Å². The Kier molecular flexibility index (Phi) is 10.6. The van der Waals surface area contributed by atoms with E-state index >= 15 is 0 Å². The van der Waals surface area contributed by atoms with Crippen molar-refractivity contribution in [2.24, 2.45) is 4.99 Å². The minimum atomic E-state index is 0.781. The first-order valence-electron chi connectivity index (χ1n) is 10.0. The molecule has 0 saturated heterocycles. The Labute approximate surface area is 169 Å². The normalized spacial score (nSPS) is 11.3. The van der Waals surface area contributed by atoms with Crippen LogP contribution in [0.4, 0.5) is 0 Å². The van der Waals surface area contributed by atoms with Gasteiger partial charge in [-0.2, -0.15) is 0 Å². The monoisotopic (exact) mass is 383 g/mol. The highest BCUT2D eigenvalue weighted by atomic mass is 16.5. The number of aliphatic imine (C=N–C) groups is 1. The molecule has 2 aromatic rings. The van der Waals surface area contributed by atoms with Gasteiger partial charge in [0.15, 0.2) is 5.96 Å². The van der Waals surface area contributed by atoms with Crippen LogP contribution in [0.5, 0.6) is 5.75 Å². The van der Waals surface area contributed by atoms with E-state index in [1.165, 1.54) is 11.1 Å². The minimum absolute atomic E-state index is 0.781. The average Bonchev–Trinajstić information content (AvgIpc) is 2.75. The van der Waals surface area contributed by atoms with Gasteiger partial charge in [0.05, 0.1) is 13.7 Å².